The first kappa shape index (κ1) is 36.2. The van der Waals surface area contributed by atoms with E-state index in [0.717, 1.165) is 0 Å². The Morgan fingerprint density at radius 1 is 0.622 bits per heavy atom. The van der Waals surface area contributed by atoms with Gasteiger partial charge in [-0.1, -0.05) is 13.8 Å². The lowest BCUT2D eigenvalue weighted by Gasteiger charge is -2.47. The van der Waals surface area contributed by atoms with Crippen molar-refractivity contribution in [2.24, 2.45) is 59.2 Å². The van der Waals surface area contributed by atoms with Gasteiger partial charge in [0.25, 0.3) is 5.60 Å². The van der Waals surface area contributed by atoms with Crippen LogP contribution in [0.3, 0.4) is 0 Å². The minimum Gasteiger partial charge on any atom is -0.429 e. The highest BCUT2D eigenvalue weighted by atomic mass is 19.4. The summed E-state index contributed by atoms with van der Waals surface area (Å²) in [6, 6.07) is 0. The minimum atomic E-state index is -6.05. The molecular formula is C29H38F12O4. The van der Waals surface area contributed by atoms with Gasteiger partial charge in [0.15, 0.2) is 0 Å². The van der Waals surface area contributed by atoms with Crippen molar-refractivity contribution in [2.45, 2.75) is 115 Å². The summed E-state index contributed by atoms with van der Waals surface area (Å²) in [4.78, 5) is 12.2. The Kier molecular flexibility index (Phi) is 8.83. The highest BCUT2D eigenvalue weighted by molar-refractivity contribution is 5.61. The van der Waals surface area contributed by atoms with Crippen molar-refractivity contribution in [3.63, 3.8) is 0 Å². The Morgan fingerprint density at radius 2 is 1.09 bits per heavy atom. The van der Waals surface area contributed by atoms with Crippen LogP contribution in [0, 0.1) is 59.2 Å². The van der Waals surface area contributed by atoms with Crippen LogP contribution in [0.25, 0.3) is 0 Å². The van der Waals surface area contributed by atoms with E-state index in [1.165, 1.54) is 20.8 Å². The van der Waals surface area contributed by atoms with Crippen molar-refractivity contribution < 1.29 is 72.1 Å². The summed E-state index contributed by atoms with van der Waals surface area (Å²) in [5.41, 5.74) is -11.2. The molecule has 4 bridgehead atoms. The van der Waals surface area contributed by atoms with E-state index < -0.39 is 102 Å². The number of halogens is 12. The fraction of sp³-hybridized carbons (Fsp3) is 0.966. The highest BCUT2D eigenvalue weighted by Gasteiger charge is 2.76. The lowest BCUT2D eigenvalue weighted by atomic mass is 9.59. The maximum absolute atomic E-state index is 14.2. The van der Waals surface area contributed by atoms with Gasteiger partial charge in [-0.25, -0.2) is 4.79 Å². The number of fused-ring (bicyclic) bond motifs is 4. The number of aliphatic hydroxyl groups is 1. The van der Waals surface area contributed by atoms with Crippen molar-refractivity contribution in [1.82, 2.24) is 0 Å². The third kappa shape index (κ3) is 6.11. The SMILES string of the molecule is CC1C2CC(CC2CC(OC(=O)OC(C)(C)C)(C(F)(F)F)C(F)(F)F)C1C1C(C)C2CC(CC(O)(C(F)(F)F)C(F)(F)F)C1C2. The molecule has 4 aliphatic carbocycles. The average Bonchev–Trinajstić information content (AvgIpc) is 3.54. The maximum atomic E-state index is 14.2. The second-order valence-corrected chi connectivity index (χ2v) is 14.8. The molecule has 0 radical (unpaired) electrons. The number of ether oxygens (including phenoxy) is 2. The van der Waals surface area contributed by atoms with Gasteiger partial charge in [0.1, 0.15) is 5.60 Å². The van der Waals surface area contributed by atoms with Crippen molar-refractivity contribution >= 4 is 6.16 Å². The highest BCUT2D eigenvalue weighted by Crippen LogP contribution is 2.68. The van der Waals surface area contributed by atoms with Gasteiger partial charge in [0, 0.05) is 6.42 Å². The minimum absolute atomic E-state index is 0.0519. The first-order chi connectivity index (χ1) is 20.0. The molecule has 0 saturated heterocycles. The van der Waals surface area contributed by atoms with Crippen LogP contribution in [-0.2, 0) is 9.47 Å². The molecular weight excluding hydrogens is 640 g/mol. The van der Waals surface area contributed by atoms with Gasteiger partial charge in [-0.05, 0) is 112 Å². The monoisotopic (exact) mass is 678 g/mol. The van der Waals surface area contributed by atoms with Crippen LogP contribution < -0.4 is 0 Å². The molecule has 0 amide bonds. The number of carbonyl (C=O) groups excluding carboxylic acids is 1. The van der Waals surface area contributed by atoms with E-state index in [2.05, 4.69) is 9.47 Å². The topological polar surface area (TPSA) is 55.8 Å². The summed E-state index contributed by atoms with van der Waals surface area (Å²) in [7, 11) is 0. The van der Waals surface area contributed by atoms with Crippen LogP contribution in [0.5, 0.6) is 0 Å². The van der Waals surface area contributed by atoms with Gasteiger partial charge < -0.3 is 14.6 Å². The summed E-state index contributed by atoms with van der Waals surface area (Å²) < 4.78 is 175. The number of carbonyl (C=O) groups is 1. The Labute approximate surface area is 252 Å². The fourth-order valence-corrected chi connectivity index (χ4v) is 9.56. The lowest BCUT2D eigenvalue weighted by molar-refractivity contribution is -0.374. The van der Waals surface area contributed by atoms with Crippen LogP contribution >= 0.6 is 0 Å². The number of hydrogen-bond acceptors (Lipinski definition) is 4. The molecule has 262 valence electrons. The van der Waals surface area contributed by atoms with Crippen LogP contribution in [-0.4, -0.2) is 52.8 Å². The Morgan fingerprint density at radius 3 is 1.51 bits per heavy atom. The molecule has 4 aliphatic rings. The summed E-state index contributed by atoms with van der Waals surface area (Å²) >= 11 is 0. The second kappa shape index (κ2) is 11.0. The third-order valence-electron chi connectivity index (χ3n) is 11.3. The summed E-state index contributed by atoms with van der Waals surface area (Å²) in [6.07, 6.45) is -28.8. The molecule has 10 atom stereocenters. The fourth-order valence-electron chi connectivity index (χ4n) is 9.56. The number of alkyl halides is 12. The van der Waals surface area contributed by atoms with Crippen LogP contribution in [0.1, 0.15) is 73.1 Å². The first-order valence-corrected chi connectivity index (χ1v) is 15.0. The number of rotatable bonds is 6. The number of hydrogen-bond donors (Lipinski definition) is 1. The molecule has 16 heteroatoms. The molecule has 4 rings (SSSR count). The predicted octanol–water partition coefficient (Wildman–Crippen LogP) is 9.25. The molecule has 0 aliphatic heterocycles. The predicted molar refractivity (Wildman–Crippen MR) is 133 cm³/mol. The molecule has 10 unspecified atom stereocenters. The molecule has 0 aromatic heterocycles. The summed E-state index contributed by atoms with van der Waals surface area (Å²) in [5.74, 6) is -5.62. The van der Waals surface area contributed by atoms with Gasteiger partial charge in [-0.2, -0.15) is 52.7 Å². The van der Waals surface area contributed by atoms with E-state index in [1.807, 2.05) is 6.92 Å². The third-order valence-corrected chi connectivity index (χ3v) is 11.3. The van der Waals surface area contributed by atoms with Crippen molar-refractivity contribution in [2.75, 3.05) is 0 Å². The van der Waals surface area contributed by atoms with Crippen molar-refractivity contribution in [3.8, 4) is 0 Å². The molecule has 0 spiro atoms. The van der Waals surface area contributed by atoms with Gasteiger partial charge in [-0.15, -0.1) is 0 Å². The lowest BCUT2D eigenvalue weighted by Crippen LogP contribution is -2.61. The molecule has 0 aromatic rings. The van der Waals surface area contributed by atoms with Gasteiger partial charge >= 0.3 is 36.5 Å². The van der Waals surface area contributed by atoms with Crippen LogP contribution in [0.2, 0.25) is 0 Å². The van der Waals surface area contributed by atoms with E-state index in [1.54, 1.807) is 6.92 Å². The second-order valence-electron chi connectivity index (χ2n) is 14.8. The standard InChI is InChI=1S/C29H38F12O4/c1-12-14-6-16(10-24(43,26(30,31)32)27(33,34)35)19(8-14)21(12)20-13(2)18-9-15(20)7-17(18)11-25(28(36,37)38,29(39,40)41)45-22(42)44-23(3,4)5/h12-21,43H,6-11H2,1-5H3. The molecule has 4 nitrogen and oxygen atoms in total. The quantitative estimate of drug-likeness (QED) is 0.225. The molecule has 4 fully saturated rings. The zero-order valence-corrected chi connectivity index (χ0v) is 25.2. The van der Waals surface area contributed by atoms with E-state index in [9.17, 15) is 62.6 Å². The molecule has 45 heavy (non-hydrogen) atoms. The molecule has 1 N–H and O–H groups in total. The van der Waals surface area contributed by atoms with E-state index in [-0.39, 0.29) is 37.0 Å². The smallest absolute Gasteiger partial charge is 0.429 e. The zero-order valence-electron chi connectivity index (χ0n) is 25.2. The first-order valence-electron chi connectivity index (χ1n) is 15.0. The van der Waals surface area contributed by atoms with E-state index in [0.29, 0.717) is 6.42 Å². The Hall–Kier alpha value is -1.61. The largest absolute Gasteiger partial charge is 0.510 e. The Bertz CT molecular complexity index is 1080. The van der Waals surface area contributed by atoms with Gasteiger partial charge in [0.05, 0.1) is 0 Å². The van der Waals surface area contributed by atoms with Crippen LogP contribution in [0.4, 0.5) is 57.5 Å². The van der Waals surface area contributed by atoms with Gasteiger partial charge in [0.2, 0.25) is 0 Å². The molecule has 4 saturated carbocycles. The average molecular weight is 679 g/mol. The Balaban J connectivity index is 1.57. The van der Waals surface area contributed by atoms with Crippen LogP contribution in [0.15, 0.2) is 0 Å². The van der Waals surface area contributed by atoms with E-state index in [4.69, 9.17) is 0 Å². The maximum Gasteiger partial charge on any atom is 0.510 e. The van der Waals surface area contributed by atoms with E-state index >= 15 is 0 Å². The zero-order chi connectivity index (χ0) is 34.5. The normalized spacial score (nSPS) is 36.1. The molecule has 0 heterocycles. The van der Waals surface area contributed by atoms with Gasteiger partial charge in [-0.3, -0.25) is 0 Å². The summed E-state index contributed by atoms with van der Waals surface area (Å²) in [5, 5.41) is 9.87. The van der Waals surface area contributed by atoms with Crippen molar-refractivity contribution in [3.05, 3.63) is 0 Å². The molecule has 0 aromatic carbocycles. The van der Waals surface area contributed by atoms with Crippen molar-refractivity contribution in [1.29, 1.82) is 0 Å². The summed E-state index contributed by atoms with van der Waals surface area (Å²) in [6.45, 7) is 7.19.